The maximum absolute atomic E-state index is 14.3. The Labute approximate surface area is 185 Å². The van der Waals surface area contributed by atoms with E-state index < -0.39 is 17.2 Å². The number of fused-ring (bicyclic) bond motifs is 2. The molecule has 2 unspecified atom stereocenters. The van der Waals surface area contributed by atoms with Gasteiger partial charge in [-0.15, -0.1) is 0 Å². The van der Waals surface area contributed by atoms with Crippen molar-refractivity contribution in [1.29, 1.82) is 5.26 Å². The summed E-state index contributed by atoms with van der Waals surface area (Å²) in [5, 5.41) is 12.4. The van der Waals surface area contributed by atoms with Crippen LogP contribution in [0.3, 0.4) is 0 Å². The maximum atomic E-state index is 14.3. The molecule has 2 aromatic rings. The van der Waals surface area contributed by atoms with E-state index in [2.05, 4.69) is 28.2 Å². The fourth-order valence-electron chi connectivity index (χ4n) is 5.38. The quantitative estimate of drug-likeness (QED) is 0.779. The highest BCUT2D eigenvalue weighted by atomic mass is 19.1. The summed E-state index contributed by atoms with van der Waals surface area (Å²) in [6, 6.07) is 9.82. The lowest BCUT2D eigenvalue weighted by Crippen LogP contribution is -2.57. The average molecular weight is 437 g/mol. The first-order valence-corrected chi connectivity index (χ1v) is 11.0. The third-order valence-electron chi connectivity index (χ3n) is 7.17. The molecule has 1 amide bonds. The molecule has 3 heterocycles. The smallest absolute Gasteiger partial charge is 0.236 e. The Kier molecular flexibility index (Phi) is 5.09. The first kappa shape index (κ1) is 20.8. The van der Waals surface area contributed by atoms with Crippen molar-refractivity contribution in [2.24, 2.45) is 5.92 Å². The molecule has 2 aliphatic heterocycles. The predicted molar refractivity (Wildman–Crippen MR) is 115 cm³/mol. The number of pyridine rings is 1. The van der Waals surface area contributed by atoms with Crippen molar-refractivity contribution in [3.63, 3.8) is 0 Å². The summed E-state index contributed by atoms with van der Waals surface area (Å²) >= 11 is 0. The molecular weight excluding hydrogens is 412 g/mol. The molecule has 3 fully saturated rings. The number of amides is 1. The van der Waals surface area contributed by atoms with Gasteiger partial charge in [0, 0.05) is 54.2 Å². The molecule has 2 saturated heterocycles. The molecule has 0 radical (unpaired) electrons. The van der Waals surface area contributed by atoms with Gasteiger partial charge in [-0.1, -0.05) is 13.0 Å². The van der Waals surface area contributed by atoms with Crippen LogP contribution in [0.4, 0.5) is 14.5 Å². The van der Waals surface area contributed by atoms with Crippen LogP contribution in [0.15, 0.2) is 36.5 Å². The molecule has 0 spiro atoms. The molecule has 1 N–H and O–H groups in total. The average Bonchev–Trinajstić information content (AvgIpc) is 3.53. The third-order valence-corrected chi connectivity index (χ3v) is 7.17. The molecule has 1 aliphatic carbocycles. The van der Waals surface area contributed by atoms with Gasteiger partial charge >= 0.3 is 0 Å². The van der Waals surface area contributed by atoms with Crippen LogP contribution < -0.4 is 10.2 Å². The van der Waals surface area contributed by atoms with Crippen LogP contribution in [0.1, 0.15) is 37.4 Å². The third kappa shape index (κ3) is 3.61. The van der Waals surface area contributed by atoms with Gasteiger partial charge in [0.1, 0.15) is 23.4 Å². The number of aromatic nitrogens is 1. The van der Waals surface area contributed by atoms with Gasteiger partial charge in [-0.25, -0.2) is 13.8 Å². The first-order chi connectivity index (χ1) is 15.4. The minimum atomic E-state index is -0.600. The standard InChI is InChI=1S/C24H25F2N5O/c1-15-8-19-13-30(14-22(15)31(19)18-4-7-28-17(10-18)11-27)23(32)12-29-24(5-6-24)20-3-2-16(25)9-21(20)26/h2-4,7,9-10,15,19,22,29H,5-6,8,12-14H2,1H3/t15-,19?,22?/m0/s1. The van der Waals surface area contributed by atoms with Gasteiger partial charge < -0.3 is 9.80 Å². The molecule has 3 atom stereocenters. The molecule has 1 aromatic heterocycles. The summed E-state index contributed by atoms with van der Waals surface area (Å²) in [5.74, 6) is -0.753. The number of rotatable bonds is 5. The van der Waals surface area contributed by atoms with Crippen molar-refractivity contribution in [2.45, 2.75) is 43.8 Å². The number of piperazine rings is 1. The molecule has 1 aromatic carbocycles. The van der Waals surface area contributed by atoms with E-state index in [-0.39, 0.29) is 24.5 Å². The number of nitrogens with zero attached hydrogens (tertiary/aromatic N) is 4. The van der Waals surface area contributed by atoms with Crippen molar-refractivity contribution in [2.75, 3.05) is 24.5 Å². The van der Waals surface area contributed by atoms with Gasteiger partial charge in [-0.05, 0) is 43.4 Å². The molecule has 6 nitrogen and oxygen atoms in total. The van der Waals surface area contributed by atoms with Crippen LogP contribution in [0.5, 0.6) is 0 Å². The zero-order valence-corrected chi connectivity index (χ0v) is 17.9. The van der Waals surface area contributed by atoms with E-state index in [1.807, 2.05) is 17.0 Å². The number of halogens is 2. The van der Waals surface area contributed by atoms with E-state index >= 15 is 0 Å². The van der Waals surface area contributed by atoms with E-state index in [0.29, 0.717) is 30.3 Å². The summed E-state index contributed by atoms with van der Waals surface area (Å²) in [6.07, 6.45) is 4.09. The second-order valence-corrected chi connectivity index (χ2v) is 9.21. The maximum Gasteiger partial charge on any atom is 0.236 e. The predicted octanol–water partition coefficient (Wildman–Crippen LogP) is 2.94. The Hall–Kier alpha value is -3.05. The number of anilines is 1. The number of likely N-dealkylation sites (tertiary alicyclic amines) is 1. The highest BCUT2D eigenvalue weighted by Gasteiger charge is 2.48. The largest absolute Gasteiger partial charge is 0.362 e. The Morgan fingerprint density at radius 3 is 2.78 bits per heavy atom. The minimum Gasteiger partial charge on any atom is -0.362 e. The van der Waals surface area contributed by atoms with E-state index in [9.17, 15) is 18.8 Å². The summed E-state index contributed by atoms with van der Waals surface area (Å²) in [4.78, 5) is 21.3. The van der Waals surface area contributed by atoms with Gasteiger partial charge in [-0.3, -0.25) is 10.1 Å². The molecule has 2 bridgehead atoms. The number of carbonyl (C=O) groups excluding carboxylic acids is 1. The lowest BCUT2D eigenvalue weighted by molar-refractivity contribution is -0.131. The van der Waals surface area contributed by atoms with Crippen LogP contribution in [0.25, 0.3) is 0 Å². The van der Waals surface area contributed by atoms with Crippen molar-refractivity contribution >= 4 is 11.6 Å². The zero-order chi connectivity index (χ0) is 22.5. The van der Waals surface area contributed by atoms with Crippen LogP contribution in [0, 0.1) is 28.9 Å². The summed E-state index contributed by atoms with van der Waals surface area (Å²) in [5.41, 5.74) is 1.22. The Bertz CT molecular complexity index is 1100. The Morgan fingerprint density at radius 2 is 2.09 bits per heavy atom. The van der Waals surface area contributed by atoms with Crippen LogP contribution in [-0.4, -0.2) is 47.5 Å². The summed E-state index contributed by atoms with van der Waals surface area (Å²) < 4.78 is 27.5. The second kappa shape index (κ2) is 7.82. The van der Waals surface area contributed by atoms with Gasteiger partial charge in [0.15, 0.2) is 0 Å². The lowest BCUT2D eigenvalue weighted by Gasteiger charge is -2.43. The van der Waals surface area contributed by atoms with Crippen LogP contribution >= 0.6 is 0 Å². The van der Waals surface area contributed by atoms with Crippen LogP contribution in [-0.2, 0) is 10.3 Å². The van der Waals surface area contributed by atoms with E-state index in [1.165, 1.54) is 12.1 Å². The fourth-order valence-corrected chi connectivity index (χ4v) is 5.38. The second-order valence-electron chi connectivity index (χ2n) is 9.21. The number of nitrogens with one attached hydrogen (secondary N) is 1. The van der Waals surface area contributed by atoms with Crippen molar-refractivity contribution in [3.8, 4) is 6.07 Å². The van der Waals surface area contributed by atoms with E-state index in [4.69, 9.17) is 0 Å². The number of hydrogen-bond acceptors (Lipinski definition) is 5. The van der Waals surface area contributed by atoms with Gasteiger partial charge in [0.05, 0.1) is 6.54 Å². The summed E-state index contributed by atoms with van der Waals surface area (Å²) in [6.45, 7) is 3.55. The number of hydrogen-bond donors (Lipinski definition) is 1. The van der Waals surface area contributed by atoms with Crippen molar-refractivity contribution < 1.29 is 13.6 Å². The van der Waals surface area contributed by atoms with E-state index in [1.54, 1.807) is 6.20 Å². The molecule has 5 rings (SSSR count). The molecule has 166 valence electrons. The Morgan fingerprint density at radius 1 is 1.28 bits per heavy atom. The topological polar surface area (TPSA) is 72.3 Å². The number of benzene rings is 1. The molecule has 1 saturated carbocycles. The van der Waals surface area contributed by atoms with E-state index in [0.717, 1.165) is 31.0 Å². The number of nitriles is 1. The molecular formula is C24H25F2N5O. The minimum absolute atomic E-state index is 0.00464. The van der Waals surface area contributed by atoms with Crippen molar-refractivity contribution in [3.05, 3.63) is 59.4 Å². The molecule has 32 heavy (non-hydrogen) atoms. The highest BCUT2D eigenvalue weighted by molar-refractivity contribution is 5.79. The lowest BCUT2D eigenvalue weighted by atomic mass is 10.0. The Balaban J connectivity index is 1.26. The number of carbonyl (C=O) groups is 1. The van der Waals surface area contributed by atoms with Gasteiger partial charge in [0.2, 0.25) is 5.91 Å². The normalized spacial score (nSPS) is 25.5. The van der Waals surface area contributed by atoms with Gasteiger partial charge in [-0.2, -0.15) is 5.26 Å². The SMILES string of the molecule is C[C@H]1CC2CN(C(=O)CNC3(c4ccc(F)cc4F)CC3)CC1N2c1ccnc(C#N)c1. The molecule has 8 heteroatoms. The summed E-state index contributed by atoms with van der Waals surface area (Å²) in [7, 11) is 0. The van der Waals surface area contributed by atoms with Crippen LogP contribution in [0.2, 0.25) is 0 Å². The molecule has 3 aliphatic rings. The van der Waals surface area contributed by atoms with Gasteiger partial charge in [0.25, 0.3) is 0 Å². The van der Waals surface area contributed by atoms with Crippen molar-refractivity contribution in [1.82, 2.24) is 15.2 Å². The zero-order valence-electron chi connectivity index (χ0n) is 17.9. The monoisotopic (exact) mass is 437 g/mol. The highest BCUT2D eigenvalue weighted by Crippen LogP contribution is 2.46. The first-order valence-electron chi connectivity index (χ1n) is 11.0. The fraction of sp³-hybridized carbons (Fsp3) is 0.458.